The summed E-state index contributed by atoms with van der Waals surface area (Å²) in [5, 5.41) is 17.8. The van der Waals surface area contributed by atoms with Gasteiger partial charge in [-0.05, 0) is 19.4 Å². The van der Waals surface area contributed by atoms with E-state index in [1.165, 1.54) is 16.2 Å². The summed E-state index contributed by atoms with van der Waals surface area (Å²) in [6.07, 6.45) is 0. The smallest absolute Gasteiger partial charge is 0.267 e. The van der Waals surface area contributed by atoms with E-state index in [2.05, 4.69) is 16.8 Å². The Balaban J connectivity index is 2.46. The van der Waals surface area contributed by atoms with Crippen molar-refractivity contribution < 1.29 is 4.79 Å². The number of nitriles is 1. The summed E-state index contributed by atoms with van der Waals surface area (Å²) < 4.78 is 0. The number of amides is 1. The lowest BCUT2D eigenvalue weighted by Crippen LogP contribution is -2.24. The first kappa shape index (κ1) is 10.5. The van der Waals surface area contributed by atoms with E-state index < -0.39 is 0 Å². The Kier molecular flexibility index (Phi) is 2.33. The Bertz CT molecular complexity index is 564. The van der Waals surface area contributed by atoms with Crippen LogP contribution in [0.3, 0.4) is 0 Å². The maximum Gasteiger partial charge on any atom is 0.275 e. The number of aromatic nitrogens is 2. The van der Waals surface area contributed by atoms with Crippen molar-refractivity contribution in [3.8, 4) is 6.07 Å². The lowest BCUT2D eigenvalue weighted by atomic mass is 10.2. The summed E-state index contributed by atoms with van der Waals surface area (Å²) in [5.41, 5.74) is 1.22. The highest BCUT2D eigenvalue weighted by molar-refractivity contribution is 7.15. The van der Waals surface area contributed by atoms with Gasteiger partial charge in [0.1, 0.15) is 16.6 Å². The molecule has 6 heteroatoms. The van der Waals surface area contributed by atoms with Gasteiger partial charge in [-0.2, -0.15) is 5.26 Å². The fourth-order valence-corrected chi connectivity index (χ4v) is 2.13. The third kappa shape index (κ3) is 1.33. The Labute approximate surface area is 96.3 Å². The van der Waals surface area contributed by atoms with E-state index in [4.69, 9.17) is 5.26 Å². The van der Waals surface area contributed by atoms with Crippen LogP contribution in [0.4, 0.5) is 5.13 Å². The molecule has 1 aromatic rings. The molecule has 2 rings (SSSR count). The van der Waals surface area contributed by atoms with Gasteiger partial charge in [0.15, 0.2) is 0 Å². The summed E-state index contributed by atoms with van der Waals surface area (Å²) >= 11 is 1.29. The Morgan fingerprint density at radius 3 is 2.56 bits per heavy atom. The largest absolute Gasteiger partial charge is 0.275 e. The average molecular weight is 232 g/mol. The molecule has 80 valence electrons. The number of nitrogens with zero attached hydrogens (tertiary/aromatic N) is 4. The van der Waals surface area contributed by atoms with E-state index in [-0.39, 0.29) is 11.5 Å². The lowest BCUT2D eigenvalue weighted by Gasteiger charge is -2.12. The monoisotopic (exact) mass is 232 g/mol. The molecular formula is C10H8N4OS. The molecule has 0 unspecified atom stereocenters. The van der Waals surface area contributed by atoms with Crippen LogP contribution in [0.5, 0.6) is 0 Å². The van der Waals surface area contributed by atoms with Gasteiger partial charge in [0.05, 0.1) is 0 Å². The van der Waals surface area contributed by atoms with Crippen molar-refractivity contribution in [2.75, 3.05) is 4.90 Å². The molecule has 0 N–H and O–H groups in total. The molecule has 0 aromatic carbocycles. The number of hydrogen-bond donors (Lipinski definition) is 0. The van der Waals surface area contributed by atoms with Gasteiger partial charge in [0.25, 0.3) is 5.91 Å². The molecule has 0 atom stereocenters. The predicted octanol–water partition coefficient (Wildman–Crippen LogP) is 1.55. The molecule has 1 aliphatic rings. The first-order chi connectivity index (χ1) is 7.56. The molecular weight excluding hydrogens is 224 g/mol. The first-order valence-electron chi connectivity index (χ1n) is 4.51. The van der Waals surface area contributed by atoms with Crippen molar-refractivity contribution in [2.24, 2.45) is 0 Å². The summed E-state index contributed by atoms with van der Waals surface area (Å²) in [5.74, 6) is -0.374. The zero-order chi connectivity index (χ0) is 11.9. The number of rotatable bonds is 1. The zero-order valence-electron chi connectivity index (χ0n) is 8.81. The van der Waals surface area contributed by atoms with Gasteiger partial charge < -0.3 is 0 Å². The van der Waals surface area contributed by atoms with Gasteiger partial charge in [-0.25, -0.2) is 0 Å². The molecule has 5 nitrogen and oxygen atoms in total. The minimum absolute atomic E-state index is 0.123. The fourth-order valence-electron chi connectivity index (χ4n) is 1.42. The van der Waals surface area contributed by atoms with Gasteiger partial charge in [0.2, 0.25) is 5.13 Å². The number of carbonyl (C=O) groups excluding carboxylic acids is 1. The van der Waals surface area contributed by atoms with Crippen molar-refractivity contribution in [2.45, 2.75) is 13.8 Å². The number of aryl methyl sites for hydroxylation is 1. The second-order valence-corrected chi connectivity index (χ2v) is 4.46. The van der Waals surface area contributed by atoms with Crippen molar-refractivity contribution in [3.05, 3.63) is 28.4 Å². The van der Waals surface area contributed by atoms with Crippen molar-refractivity contribution in [1.29, 1.82) is 5.26 Å². The Morgan fingerprint density at radius 1 is 1.44 bits per heavy atom. The third-order valence-corrected chi connectivity index (χ3v) is 3.14. The second-order valence-electron chi connectivity index (χ2n) is 3.30. The highest BCUT2D eigenvalue weighted by Gasteiger charge is 2.34. The molecule has 0 radical (unpaired) electrons. The normalized spacial score (nSPS) is 15.9. The van der Waals surface area contributed by atoms with E-state index in [0.717, 1.165) is 5.01 Å². The average Bonchev–Trinajstić information content (AvgIpc) is 2.73. The molecule has 0 bridgehead atoms. The third-order valence-electron chi connectivity index (χ3n) is 2.31. The van der Waals surface area contributed by atoms with E-state index in [9.17, 15) is 4.79 Å². The quantitative estimate of drug-likeness (QED) is 0.736. The van der Waals surface area contributed by atoms with Crippen LogP contribution in [0, 0.1) is 18.3 Å². The van der Waals surface area contributed by atoms with Crippen LogP contribution in [0.1, 0.15) is 11.9 Å². The van der Waals surface area contributed by atoms with Gasteiger partial charge in [-0.15, -0.1) is 10.2 Å². The number of hydrogen-bond acceptors (Lipinski definition) is 5. The lowest BCUT2D eigenvalue weighted by molar-refractivity contribution is -0.113. The summed E-state index contributed by atoms with van der Waals surface area (Å²) in [6, 6.07) is 1.88. The molecule has 0 aliphatic carbocycles. The Morgan fingerprint density at radius 2 is 2.12 bits per heavy atom. The van der Waals surface area contributed by atoms with Gasteiger partial charge in [-0.3, -0.25) is 9.69 Å². The zero-order valence-corrected chi connectivity index (χ0v) is 9.63. The SMILES string of the molecule is C=C1C(C)=C(C#N)C(=O)N1c1nnc(C)s1. The molecule has 0 spiro atoms. The van der Waals surface area contributed by atoms with Gasteiger partial charge in [0, 0.05) is 5.70 Å². The molecule has 2 heterocycles. The molecule has 0 saturated carbocycles. The van der Waals surface area contributed by atoms with E-state index in [1.54, 1.807) is 13.8 Å². The van der Waals surface area contributed by atoms with Crippen molar-refractivity contribution in [1.82, 2.24) is 10.2 Å². The maximum atomic E-state index is 11.9. The van der Waals surface area contributed by atoms with Crippen LogP contribution < -0.4 is 4.90 Å². The van der Waals surface area contributed by atoms with Crippen LogP contribution in [0.2, 0.25) is 0 Å². The molecule has 0 fully saturated rings. The van der Waals surface area contributed by atoms with Crippen LogP contribution in [-0.4, -0.2) is 16.1 Å². The molecule has 1 aliphatic heterocycles. The van der Waals surface area contributed by atoms with Crippen LogP contribution in [0.15, 0.2) is 23.4 Å². The standard InChI is InChI=1S/C10H8N4OS/c1-5-6(2)14(9(15)8(5)4-11)10-13-12-7(3)16-10/h2H2,1,3H3. The van der Waals surface area contributed by atoms with E-state index in [0.29, 0.717) is 16.4 Å². The topological polar surface area (TPSA) is 69.9 Å². The number of anilines is 1. The maximum absolute atomic E-state index is 11.9. The van der Waals surface area contributed by atoms with Gasteiger partial charge >= 0.3 is 0 Å². The van der Waals surface area contributed by atoms with Gasteiger partial charge in [-0.1, -0.05) is 17.9 Å². The van der Waals surface area contributed by atoms with E-state index in [1.807, 2.05) is 6.07 Å². The van der Waals surface area contributed by atoms with Crippen molar-refractivity contribution in [3.63, 3.8) is 0 Å². The first-order valence-corrected chi connectivity index (χ1v) is 5.32. The molecule has 16 heavy (non-hydrogen) atoms. The van der Waals surface area contributed by atoms with E-state index >= 15 is 0 Å². The summed E-state index contributed by atoms with van der Waals surface area (Å²) in [7, 11) is 0. The van der Waals surface area contributed by atoms with Crippen LogP contribution >= 0.6 is 11.3 Å². The summed E-state index contributed by atoms with van der Waals surface area (Å²) in [4.78, 5) is 13.2. The van der Waals surface area contributed by atoms with Crippen molar-refractivity contribution >= 4 is 22.4 Å². The highest BCUT2D eigenvalue weighted by atomic mass is 32.1. The highest BCUT2D eigenvalue weighted by Crippen LogP contribution is 2.33. The minimum atomic E-state index is -0.374. The molecule has 1 aromatic heterocycles. The summed E-state index contributed by atoms with van der Waals surface area (Å²) in [6.45, 7) is 7.29. The van der Waals surface area contributed by atoms with Crippen LogP contribution in [0.25, 0.3) is 0 Å². The molecule has 1 amide bonds. The fraction of sp³-hybridized carbons (Fsp3) is 0.200. The predicted molar refractivity (Wildman–Crippen MR) is 59.6 cm³/mol. The number of carbonyl (C=O) groups is 1. The minimum Gasteiger partial charge on any atom is -0.267 e. The van der Waals surface area contributed by atoms with Crippen LogP contribution in [-0.2, 0) is 4.79 Å². The Hall–Kier alpha value is -2.00. The molecule has 0 saturated heterocycles. The number of allylic oxidation sites excluding steroid dienone is 1. The second kappa shape index (κ2) is 3.54.